The van der Waals surface area contributed by atoms with Crippen molar-refractivity contribution >= 4 is 15.9 Å². The quantitative estimate of drug-likeness (QED) is 0.830. The van der Waals surface area contributed by atoms with Crippen molar-refractivity contribution in [3.05, 3.63) is 34.3 Å². The Morgan fingerprint density at radius 2 is 2.11 bits per heavy atom. The van der Waals surface area contributed by atoms with Gasteiger partial charge in [-0.3, -0.25) is 0 Å². The van der Waals surface area contributed by atoms with E-state index in [1.165, 1.54) is 31.2 Å². The molecule has 0 aliphatic heterocycles. The molecule has 3 heteroatoms. The van der Waals surface area contributed by atoms with Crippen LogP contribution in [-0.4, -0.2) is 19.2 Å². The summed E-state index contributed by atoms with van der Waals surface area (Å²) < 4.78 is 7.23. The van der Waals surface area contributed by atoms with Crippen LogP contribution >= 0.6 is 15.9 Å². The molecule has 2 fully saturated rings. The van der Waals surface area contributed by atoms with Crippen molar-refractivity contribution in [2.45, 2.75) is 37.8 Å². The third-order valence-corrected chi connectivity index (χ3v) is 4.11. The lowest BCUT2D eigenvalue weighted by Gasteiger charge is -2.19. The summed E-state index contributed by atoms with van der Waals surface area (Å²) in [6.07, 6.45) is 5.55. The molecule has 0 spiro atoms. The number of hydrogen-bond acceptors (Lipinski definition) is 2. The predicted molar refractivity (Wildman–Crippen MR) is 76.6 cm³/mol. The van der Waals surface area contributed by atoms with Crippen LogP contribution in [0.4, 0.5) is 0 Å². The van der Waals surface area contributed by atoms with Crippen LogP contribution in [-0.2, 0) is 4.74 Å². The van der Waals surface area contributed by atoms with Crippen molar-refractivity contribution in [3.8, 4) is 0 Å². The largest absolute Gasteiger partial charge is 0.372 e. The summed E-state index contributed by atoms with van der Waals surface area (Å²) in [7, 11) is 0. The fourth-order valence-electron chi connectivity index (χ4n) is 2.08. The van der Waals surface area contributed by atoms with Crippen LogP contribution in [0.2, 0.25) is 0 Å². The molecular formula is C15H20BrNO. The van der Waals surface area contributed by atoms with Crippen molar-refractivity contribution in [3.63, 3.8) is 0 Å². The van der Waals surface area contributed by atoms with Gasteiger partial charge >= 0.3 is 0 Å². The lowest BCUT2D eigenvalue weighted by molar-refractivity contribution is 0.0449. The first-order valence-electron chi connectivity index (χ1n) is 6.92. The first-order chi connectivity index (χ1) is 8.81. The zero-order valence-corrected chi connectivity index (χ0v) is 12.2. The number of hydrogen-bond donors (Lipinski definition) is 1. The van der Waals surface area contributed by atoms with Crippen LogP contribution in [0.3, 0.4) is 0 Å². The number of ether oxygens (including phenoxy) is 1. The zero-order valence-electron chi connectivity index (χ0n) is 10.6. The minimum absolute atomic E-state index is 0.198. The maximum atomic E-state index is 6.10. The Morgan fingerprint density at radius 3 is 2.78 bits per heavy atom. The van der Waals surface area contributed by atoms with Gasteiger partial charge in [0.1, 0.15) is 0 Å². The number of nitrogens with one attached hydrogen (secondary N) is 1. The van der Waals surface area contributed by atoms with E-state index in [1.54, 1.807) is 0 Å². The van der Waals surface area contributed by atoms with E-state index in [9.17, 15) is 0 Å². The summed E-state index contributed by atoms with van der Waals surface area (Å²) in [5.74, 6) is 0.820. The third kappa shape index (κ3) is 3.81. The molecule has 2 aliphatic rings. The molecule has 1 N–H and O–H groups in total. The van der Waals surface area contributed by atoms with Gasteiger partial charge in [0, 0.05) is 17.1 Å². The van der Waals surface area contributed by atoms with Gasteiger partial charge in [-0.05, 0) is 49.3 Å². The van der Waals surface area contributed by atoms with Crippen LogP contribution < -0.4 is 5.32 Å². The Morgan fingerprint density at radius 1 is 1.28 bits per heavy atom. The Labute approximate surface area is 117 Å². The van der Waals surface area contributed by atoms with E-state index in [0.717, 1.165) is 29.6 Å². The van der Waals surface area contributed by atoms with Crippen LogP contribution in [0.1, 0.15) is 37.4 Å². The summed E-state index contributed by atoms with van der Waals surface area (Å²) in [4.78, 5) is 0. The van der Waals surface area contributed by atoms with Gasteiger partial charge < -0.3 is 10.1 Å². The fourth-order valence-corrected chi connectivity index (χ4v) is 2.49. The molecule has 1 aromatic carbocycles. The van der Waals surface area contributed by atoms with E-state index < -0.39 is 0 Å². The molecule has 1 atom stereocenters. The number of benzene rings is 1. The van der Waals surface area contributed by atoms with Crippen molar-refractivity contribution in [1.29, 1.82) is 0 Å². The van der Waals surface area contributed by atoms with E-state index >= 15 is 0 Å². The van der Waals surface area contributed by atoms with Gasteiger partial charge in [0.2, 0.25) is 0 Å². The van der Waals surface area contributed by atoms with E-state index in [2.05, 4.69) is 45.5 Å². The fraction of sp³-hybridized carbons (Fsp3) is 0.600. The van der Waals surface area contributed by atoms with Gasteiger partial charge in [0.05, 0.1) is 12.7 Å². The van der Waals surface area contributed by atoms with Gasteiger partial charge in [0.15, 0.2) is 0 Å². The van der Waals surface area contributed by atoms with Gasteiger partial charge in [0.25, 0.3) is 0 Å². The average molecular weight is 310 g/mol. The van der Waals surface area contributed by atoms with Gasteiger partial charge in [-0.15, -0.1) is 0 Å². The van der Waals surface area contributed by atoms with Gasteiger partial charge in [-0.25, -0.2) is 0 Å². The van der Waals surface area contributed by atoms with Crippen molar-refractivity contribution in [1.82, 2.24) is 5.32 Å². The topological polar surface area (TPSA) is 21.3 Å². The maximum absolute atomic E-state index is 6.10. The summed E-state index contributed by atoms with van der Waals surface area (Å²) in [5, 5.41) is 3.58. The highest BCUT2D eigenvalue weighted by atomic mass is 79.9. The molecule has 0 amide bonds. The molecule has 2 saturated carbocycles. The molecule has 1 unspecified atom stereocenters. The highest BCUT2D eigenvalue weighted by molar-refractivity contribution is 9.10. The monoisotopic (exact) mass is 309 g/mol. The number of halogens is 1. The summed E-state index contributed by atoms with van der Waals surface area (Å²) in [5.41, 5.74) is 1.28. The molecule has 0 radical (unpaired) electrons. The summed E-state index contributed by atoms with van der Waals surface area (Å²) >= 11 is 3.54. The van der Waals surface area contributed by atoms with Crippen LogP contribution in [0.15, 0.2) is 28.7 Å². The SMILES string of the molecule is Brc1cccc(C(CNC2CC2)OCC2CC2)c1. The lowest BCUT2D eigenvalue weighted by Crippen LogP contribution is -2.25. The predicted octanol–water partition coefficient (Wildman–Crippen LogP) is 3.67. The Kier molecular flexibility index (Phi) is 4.02. The Bertz CT molecular complexity index is 385. The molecular weight excluding hydrogens is 290 g/mol. The molecule has 98 valence electrons. The van der Waals surface area contributed by atoms with Crippen LogP contribution in [0, 0.1) is 5.92 Å². The highest BCUT2D eigenvalue weighted by Crippen LogP contribution is 2.31. The van der Waals surface area contributed by atoms with Gasteiger partial charge in [-0.2, -0.15) is 0 Å². The molecule has 0 saturated heterocycles. The summed E-state index contributed by atoms with van der Waals surface area (Å²) in [6, 6.07) is 9.23. The first kappa shape index (κ1) is 12.6. The minimum atomic E-state index is 0.198. The molecule has 0 bridgehead atoms. The van der Waals surface area contributed by atoms with E-state index in [1.807, 2.05) is 0 Å². The molecule has 1 aromatic rings. The van der Waals surface area contributed by atoms with Crippen molar-refractivity contribution in [2.75, 3.05) is 13.2 Å². The minimum Gasteiger partial charge on any atom is -0.372 e. The normalized spacial score (nSPS) is 20.9. The standard InChI is InChI=1S/C15H20BrNO/c16-13-3-1-2-12(8-13)15(9-17-14-6-7-14)18-10-11-4-5-11/h1-3,8,11,14-15,17H,4-7,9-10H2. The molecule has 0 heterocycles. The van der Waals surface area contributed by atoms with E-state index in [0.29, 0.717) is 0 Å². The summed E-state index contributed by atoms with van der Waals surface area (Å²) in [6.45, 7) is 1.86. The molecule has 0 aromatic heterocycles. The second-order valence-corrected chi connectivity index (χ2v) is 6.42. The van der Waals surface area contributed by atoms with Crippen molar-refractivity contribution in [2.24, 2.45) is 5.92 Å². The first-order valence-corrected chi connectivity index (χ1v) is 7.71. The maximum Gasteiger partial charge on any atom is 0.0949 e. The van der Waals surface area contributed by atoms with Crippen molar-refractivity contribution < 1.29 is 4.74 Å². The van der Waals surface area contributed by atoms with Gasteiger partial charge in [-0.1, -0.05) is 28.1 Å². The Balaban J connectivity index is 1.61. The molecule has 18 heavy (non-hydrogen) atoms. The molecule has 2 nitrogen and oxygen atoms in total. The molecule has 2 aliphatic carbocycles. The number of rotatable bonds is 7. The Hall–Kier alpha value is -0.380. The lowest BCUT2D eigenvalue weighted by atomic mass is 10.1. The van der Waals surface area contributed by atoms with Crippen LogP contribution in [0.5, 0.6) is 0 Å². The molecule has 3 rings (SSSR count). The van der Waals surface area contributed by atoms with Crippen LogP contribution in [0.25, 0.3) is 0 Å². The second kappa shape index (κ2) is 5.72. The average Bonchev–Trinajstić information content (AvgIpc) is 3.24. The third-order valence-electron chi connectivity index (χ3n) is 3.62. The zero-order chi connectivity index (χ0) is 12.4. The highest BCUT2D eigenvalue weighted by Gasteiger charge is 2.26. The van der Waals surface area contributed by atoms with E-state index in [4.69, 9.17) is 4.74 Å². The van der Waals surface area contributed by atoms with E-state index in [-0.39, 0.29) is 6.10 Å². The smallest absolute Gasteiger partial charge is 0.0949 e. The second-order valence-electron chi connectivity index (χ2n) is 5.50.